The van der Waals surface area contributed by atoms with Gasteiger partial charge in [0.05, 0.1) is 11.6 Å². The van der Waals surface area contributed by atoms with Crippen LogP contribution in [0.4, 0.5) is 5.95 Å². The van der Waals surface area contributed by atoms with Crippen molar-refractivity contribution in [3.63, 3.8) is 0 Å². The van der Waals surface area contributed by atoms with Crippen molar-refractivity contribution in [3.05, 3.63) is 48.3 Å². The molecule has 1 atom stereocenters. The summed E-state index contributed by atoms with van der Waals surface area (Å²) >= 11 is 0. The van der Waals surface area contributed by atoms with E-state index in [9.17, 15) is 4.79 Å². The molecule has 2 rings (SSSR count). The monoisotopic (exact) mass is 268 g/mol. The number of hydrogen-bond acceptors (Lipinski definition) is 5. The van der Waals surface area contributed by atoms with Crippen molar-refractivity contribution in [2.75, 3.05) is 5.32 Å². The minimum Gasteiger partial charge on any atom is -0.481 e. The highest BCUT2D eigenvalue weighted by Gasteiger charge is 2.15. The van der Waals surface area contributed by atoms with E-state index in [1.165, 1.54) is 12.4 Å². The standard InChI is InChI=1S/C14H12N4O2/c1-10(13(19)18-14-16-7-2-8-17-14)20-12-5-3-11(9-15)4-6-12/h2-8,10H,1H3,(H,16,17,18,19)/t10-/m1/s1. The van der Waals surface area contributed by atoms with Crippen LogP contribution >= 0.6 is 0 Å². The molecule has 0 fully saturated rings. The number of hydrogen-bond donors (Lipinski definition) is 1. The van der Waals surface area contributed by atoms with E-state index in [4.69, 9.17) is 10.00 Å². The quantitative estimate of drug-likeness (QED) is 0.912. The Kier molecular flexibility index (Phi) is 4.24. The lowest BCUT2D eigenvalue weighted by molar-refractivity contribution is -0.122. The summed E-state index contributed by atoms with van der Waals surface area (Å²) in [6, 6.07) is 10.2. The number of benzene rings is 1. The molecule has 0 radical (unpaired) electrons. The van der Waals surface area contributed by atoms with E-state index >= 15 is 0 Å². The molecule has 6 heteroatoms. The lowest BCUT2D eigenvalue weighted by Gasteiger charge is -2.13. The second-order valence-corrected chi connectivity index (χ2v) is 3.96. The van der Waals surface area contributed by atoms with Crippen LogP contribution in [0.1, 0.15) is 12.5 Å². The molecule has 0 aliphatic heterocycles. The first-order chi connectivity index (χ1) is 9.69. The van der Waals surface area contributed by atoms with Crippen LogP contribution in [0.25, 0.3) is 0 Å². The van der Waals surface area contributed by atoms with Crippen LogP contribution in [0, 0.1) is 11.3 Å². The number of carbonyl (C=O) groups is 1. The maximum absolute atomic E-state index is 11.9. The first kappa shape index (κ1) is 13.5. The zero-order valence-electron chi connectivity index (χ0n) is 10.8. The molecule has 1 heterocycles. The third-order valence-electron chi connectivity index (χ3n) is 2.47. The molecule has 2 aromatic rings. The molecule has 20 heavy (non-hydrogen) atoms. The molecule has 1 N–H and O–H groups in total. The Balaban J connectivity index is 1.95. The molecule has 0 unspecified atom stereocenters. The van der Waals surface area contributed by atoms with Crippen LogP contribution in [-0.4, -0.2) is 22.0 Å². The number of anilines is 1. The summed E-state index contributed by atoms with van der Waals surface area (Å²) in [5, 5.41) is 11.2. The summed E-state index contributed by atoms with van der Waals surface area (Å²) in [6.45, 7) is 1.62. The van der Waals surface area contributed by atoms with Crippen molar-refractivity contribution in [2.24, 2.45) is 0 Å². The Bertz CT molecular complexity index is 620. The lowest BCUT2D eigenvalue weighted by atomic mass is 10.2. The lowest BCUT2D eigenvalue weighted by Crippen LogP contribution is -2.30. The van der Waals surface area contributed by atoms with E-state index < -0.39 is 6.10 Å². The fraction of sp³-hybridized carbons (Fsp3) is 0.143. The maximum atomic E-state index is 11.9. The van der Waals surface area contributed by atoms with Crippen molar-refractivity contribution in [2.45, 2.75) is 13.0 Å². The van der Waals surface area contributed by atoms with E-state index in [1.54, 1.807) is 37.3 Å². The van der Waals surface area contributed by atoms with E-state index in [0.29, 0.717) is 11.3 Å². The number of nitrogens with zero attached hydrogens (tertiary/aromatic N) is 3. The van der Waals surface area contributed by atoms with Gasteiger partial charge in [0.25, 0.3) is 5.91 Å². The molecule has 0 spiro atoms. The van der Waals surface area contributed by atoms with Crippen LogP contribution in [0.15, 0.2) is 42.7 Å². The summed E-state index contributed by atoms with van der Waals surface area (Å²) in [7, 11) is 0. The molecule has 100 valence electrons. The van der Waals surface area contributed by atoms with Gasteiger partial charge >= 0.3 is 0 Å². The van der Waals surface area contributed by atoms with Gasteiger partial charge in [-0.3, -0.25) is 10.1 Å². The highest BCUT2D eigenvalue weighted by atomic mass is 16.5. The molecule has 0 aliphatic carbocycles. The van der Waals surface area contributed by atoms with Crippen molar-refractivity contribution < 1.29 is 9.53 Å². The number of carbonyl (C=O) groups excluding carboxylic acids is 1. The molecule has 0 saturated carbocycles. The highest BCUT2D eigenvalue weighted by Crippen LogP contribution is 2.13. The van der Waals surface area contributed by atoms with E-state index in [1.807, 2.05) is 6.07 Å². The normalized spacial score (nSPS) is 11.2. The van der Waals surface area contributed by atoms with Crippen molar-refractivity contribution in [1.82, 2.24) is 9.97 Å². The SMILES string of the molecule is C[C@@H](Oc1ccc(C#N)cc1)C(=O)Nc1ncccn1. The molecule has 0 saturated heterocycles. The van der Waals surface area contributed by atoms with Crippen molar-refractivity contribution in [1.29, 1.82) is 5.26 Å². The number of aromatic nitrogens is 2. The summed E-state index contributed by atoms with van der Waals surface area (Å²) < 4.78 is 5.47. The van der Waals surface area contributed by atoms with Gasteiger partial charge < -0.3 is 4.74 Å². The maximum Gasteiger partial charge on any atom is 0.267 e. The van der Waals surface area contributed by atoms with E-state index in [2.05, 4.69) is 15.3 Å². The summed E-state index contributed by atoms with van der Waals surface area (Å²) in [5.74, 6) is 0.397. The number of ether oxygens (including phenoxy) is 1. The highest BCUT2D eigenvalue weighted by molar-refractivity contribution is 5.92. The Morgan fingerprint density at radius 1 is 1.30 bits per heavy atom. The van der Waals surface area contributed by atoms with Crippen molar-refractivity contribution >= 4 is 11.9 Å². The van der Waals surface area contributed by atoms with E-state index in [0.717, 1.165) is 0 Å². The summed E-state index contributed by atoms with van der Waals surface area (Å²) in [4.78, 5) is 19.7. The zero-order valence-corrected chi connectivity index (χ0v) is 10.8. The fourth-order valence-corrected chi connectivity index (χ4v) is 1.44. The average Bonchev–Trinajstić information content (AvgIpc) is 2.49. The Hall–Kier alpha value is -2.94. The molecule has 1 amide bonds. The van der Waals surface area contributed by atoms with Crippen molar-refractivity contribution in [3.8, 4) is 11.8 Å². The molecule has 1 aromatic carbocycles. The van der Waals surface area contributed by atoms with Crippen LogP contribution < -0.4 is 10.1 Å². The topological polar surface area (TPSA) is 87.9 Å². The number of nitrogens with one attached hydrogen (secondary N) is 1. The zero-order chi connectivity index (χ0) is 14.4. The minimum atomic E-state index is -0.702. The van der Waals surface area contributed by atoms with Gasteiger partial charge in [-0.05, 0) is 37.3 Å². The van der Waals surface area contributed by atoms with Crippen LogP contribution in [0.5, 0.6) is 5.75 Å². The second kappa shape index (κ2) is 6.29. The second-order valence-electron chi connectivity index (χ2n) is 3.96. The van der Waals surface area contributed by atoms with Crippen LogP contribution in [-0.2, 0) is 4.79 Å². The molecule has 0 bridgehead atoms. The minimum absolute atomic E-state index is 0.229. The van der Waals surface area contributed by atoms with Gasteiger partial charge in [-0.2, -0.15) is 5.26 Å². The number of amides is 1. The Morgan fingerprint density at radius 2 is 1.95 bits per heavy atom. The number of rotatable bonds is 4. The van der Waals surface area contributed by atoms with Gasteiger partial charge in [0.2, 0.25) is 5.95 Å². The van der Waals surface area contributed by atoms with E-state index in [-0.39, 0.29) is 11.9 Å². The summed E-state index contributed by atoms with van der Waals surface area (Å²) in [5.41, 5.74) is 0.534. The first-order valence-corrected chi connectivity index (χ1v) is 5.94. The van der Waals surface area contributed by atoms with Gasteiger partial charge in [0.1, 0.15) is 5.75 Å². The third kappa shape index (κ3) is 3.53. The molecule has 1 aromatic heterocycles. The Morgan fingerprint density at radius 3 is 2.55 bits per heavy atom. The predicted molar refractivity (Wildman–Crippen MR) is 71.9 cm³/mol. The fourth-order valence-electron chi connectivity index (χ4n) is 1.44. The molecular weight excluding hydrogens is 256 g/mol. The Labute approximate surface area is 116 Å². The predicted octanol–water partition coefficient (Wildman–Crippen LogP) is 1.75. The largest absolute Gasteiger partial charge is 0.481 e. The van der Waals surface area contributed by atoms with Gasteiger partial charge in [-0.25, -0.2) is 9.97 Å². The van der Waals surface area contributed by atoms with Crippen LogP contribution in [0.3, 0.4) is 0 Å². The third-order valence-corrected chi connectivity index (χ3v) is 2.47. The van der Waals surface area contributed by atoms with Crippen LogP contribution in [0.2, 0.25) is 0 Å². The molecule has 0 aliphatic rings. The average molecular weight is 268 g/mol. The van der Waals surface area contributed by atoms with Gasteiger partial charge in [-0.15, -0.1) is 0 Å². The van der Waals surface area contributed by atoms with Gasteiger partial charge in [0.15, 0.2) is 6.10 Å². The molecule has 6 nitrogen and oxygen atoms in total. The smallest absolute Gasteiger partial charge is 0.267 e. The number of nitriles is 1. The summed E-state index contributed by atoms with van der Waals surface area (Å²) in [6.07, 6.45) is 2.37. The first-order valence-electron chi connectivity index (χ1n) is 5.94. The van der Waals surface area contributed by atoms with Gasteiger partial charge in [-0.1, -0.05) is 0 Å². The molecular formula is C14H12N4O2. The van der Waals surface area contributed by atoms with Gasteiger partial charge in [0, 0.05) is 12.4 Å².